The van der Waals surface area contributed by atoms with Crippen LogP contribution in [0.3, 0.4) is 0 Å². The van der Waals surface area contributed by atoms with Crippen LogP contribution in [-0.4, -0.2) is 25.4 Å². The molecule has 1 amide bonds. The van der Waals surface area contributed by atoms with E-state index in [-0.39, 0.29) is 11.5 Å². The molecule has 0 unspecified atom stereocenters. The first-order valence-electron chi connectivity index (χ1n) is 9.05. The SMILES string of the molecule is C=CC(=O)Nc1ccc(-n2c(=O)cnc3cnc(Cc4ccc(Cl)cc4)nc32)cc1. The monoisotopic (exact) mass is 417 g/mol. The Balaban J connectivity index is 1.74. The Kier molecular flexibility index (Phi) is 5.36. The molecule has 2 heterocycles. The third kappa shape index (κ3) is 4.11. The van der Waals surface area contributed by atoms with E-state index in [0.29, 0.717) is 39.8 Å². The molecule has 30 heavy (non-hydrogen) atoms. The van der Waals surface area contributed by atoms with Gasteiger partial charge in [0.1, 0.15) is 11.3 Å². The van der Waals surface area contributed by atoms with Gasteiger partial charge in [-0.3, -0.25) is 14.2 Å². The lowest BCUT2D eigenvalue weighted by molar-refractivity contribution is -0.111. The molecule has 8 heteroatoms. The fourth-order valence-electron chi connectivity index (χ4n) is 2.95. The number of nitrogens with one attached hydrogen (secondary N) is 1. The van der Waals surface area contributed by atoms with E-state index in [2.05, 4.69) is 26.8 Å². The van der Waals surface area contributed by atoms with Gasteiger partial charge in [-0.15, -0.1) is 0 Å². The van der Waals surface area contributed by atoms with E-state index in [1.807, 2.05) is 24.3 Å². The highest BCUT2D eigenvalue weighted by atomic mass is 35.5. The molecule has 4 rings (SSSR count). The van der Waals surface area contributed by atoms with Crippen LogP contribution in [0.25, 0.3) is 16.9 Å². The van der Waals surface area contributed by atoms with Crippen molar-refractivity contribution in [1.29, 1.82) is 0 Å². The Hall–Kier alpha value is -3.84. The van der Waals surface area contributed by atoms with Crippen molar-refractivity contribution >= 4 is 34.4 Å². The zero-order valence-corrected chi connectivity index (χ0v) is 16.5. The number of nitrogens with zero attached hydrogens (tertiary/aromatic N) is 4. The third-order valence-electron chi connectivity index (χ3n) is 4.40. The summed E-state index contributed by atoms with van der Waals surface area (Å²) in [6, 6.07) is 14.3. The van der Waals surface area contributed by atoms with Crippen LogP contribution in [0.5, 0.6) is 0 Å². The van der Waals surface area contributed by atoms with Crippen LogP contribution in [0.15, 0.2) is 78.4 Å². The maximum atomic E-state index is 12.6. The first-order chi connectivity index (χ1) is 14.5. The van der Waals surface area contributed by atoms with Crippen molar-refractivity contribution in [1.82, 2.24) is 19.5 Å². The van der Waals surface area contributed by atoms with Gasteiger partial charge in [0, 0.05) is 17.1 Å². The predicted octanol–water partition coefficient (Wildman–Crippen LogP) is 3.54. The topological polar surface area (TPSA) is 89.8 Å². The van der Waals surface area contributed by atoms with E-state index in [4.69, 9.17) is 11.6 Å². The zero-order chi connectivity index (χ0) is 21.1. The number of carbonyl (C=O) groups is 1. The fourth-order valence-corrected chi connectivity index (χ4v) is 3.08. The largest absolute Gasteiger partial charge is 0.323 e. The van der Waals surface area contributed by atoms with Gasteiger partial charge in [0.25, 0.3) is 5.56 Å². The molecule has 4 aromatic rings. The average Bonchev–Trinajstić information content (AvgIpc) is 2.76. The molecular formula is C22H16ClN5O2. The lowest BCUT2D eigenvalue weighted by atomic mass is 10.1. The van der Waals surface area contributed by atoms with Gasteiger partial charge in [0.05, 0.1) is 18.1 Å². The van der Waals surface area contributed by atoms with E-state index < -0.39 is 0 Å². The highest BCUT2D eigenvalue weighted by Gasteiger charge is 2.11. The van der Waals surface area contributed by atoms with Crippen LogP contribution in [0.2, 0.25) is 5.02 Å². The minimum Gasteiger partial charge on any atom is -0.323 e. The second kappa shape index (κ2) is 8.26. The van der Waals surface area contributed by atoms with Crippen LogP contribution in [0.4, 0.5) is 5.69 Å². The van der Waals surface area contributed by atoms with E-state index in [1.54, 1.807) is 30.5 Å². The summed E-state index contributed by atoms with van der Waals surface area (Å²) >= 11 is 5.94. The van der Waals surface area contributed by atoms with Gasteiger partial charge in [-0.25, -0.2) is 15.0 Å². The number of hydrogen-bond acceptors (Lipinski definition) is 5. The van der Waals surface area contributed by atoms with E-state index in [1.165, 1.54) is 16.8 Å². The molecule has 0 aliphatic rings. The maximum absolute atomic E-state index is 12.6. The van der Waals surface area contributed by atoms with Crippen LogP contribution >= 0.6 is 11.6 Å². The van der Waals surface area contributed by atoms with Gasteiger partial charge < -0.3 is 5.32 Å². The third-order valence-corrected chi connectivity index (χ3v) is 4.65. The number of benzene rings is 2. The summed E-state index contributed by atoms with van der Waals surface area (Å²) in [5.41, 5.74) is 2.77. The number of rotatable bonds is 5. The van der Waals surface area contributed by atoms with Crippen LogP contribution in [-0.2, 0) is 11.2 Å². The molecule has 0 bridgehead atoms. The normalized spacial score (nSPS) is 10.7. The van der Waals surface area contributed by atoms with Crippen molar-refractivity contribution in [2.45, 2.75) is 6.42 Å². The van der Waals surface area contributed by atoms with Crippen LogP contribution < -0.4 is 10.9 Å². The number of anilines is 1. The lowest BCUT2D eigenvalue weighted by Crippen LogP contribution is -2.20. The molecule has 2 aromatic heterocycles. The van der Waals surface area contributed by atoms with Crippen molar-refractivity contribution in [3.05, 3.63) is 100 Å². The second-order valence-corrected chi connectivity index (χ2v) is 6.91. The molecule has 7 nitrogen and oxygen atoms in total. The lowest BCUT2D eigenvalue weighted by Gasteiger charge is -2.11. The van der Waals surface area contributed by atoms with Crippen molar-refractivity contribution < 1.29 is 4.79 Å². The Labute approximate surface area is 176 Å². The summed E-state index contributed by atoms with van der Waals surface area (Å²) in [6.07, 6.45) is 4.51. The summed E-state index contributed by atoms with van der Waals surface area (Å²) in [5, 5.41) is 3.33. The van der Waals surface area contributed by atoms with Crippen molar-refractivity contribution in [3.63, 3.8) is 0 Å². The van der Waals surface area contributed by atoms with Gasteiger partial charge in [-0.1, -0.05) is 30.3 Å². The maximum Gasteiger partial charge on any atom is 0.275 e. The van der Waals surface area contributed by atoms with E-state index in [0.717, 1.165) is 5.56 Å². The quantitative estimate of drug-likeness (QED) is 0.501. The molecule has 2 aromatic carbocycles. The number of hydrogen-bond donors (Lipinski definition) is 1. The molecule has 0 aliphatic carbocycles. The number of carbonyl (C=O) groups excluding carboxylic acids is 1. The van der Waals surface area contributed by atoms with Gasteiger partial charge in [0.15, 0.2) is 5.65 Å². The molecule has 0 saturated carbocycles. The summed E-state index contributed by atoms with van der Waals surface area (Å²) in [7, 11) is 0. The standard InChI is InChI=1S/C22H16ClN5O2/c1-2-20(29)26-16-7-9-17(10-8-16)28-21(30)13-24-18-12-25-19(27-22(18)28)11-14-3-5-15(23)6-4-14/h2-10,12-13H,1,11H2,(H,26,29). The van der Waals surface area contributed by atoms with E-state index >= 15 is 0 Å². The summed E-state index contributed by atoms with van der Waals surface area (Å²) in [4.78, 5) is 37.2. The molecular weight excluding hydrogens is 402 g/mol. The fraction of sp³-hybridized carbons (Fsp3) is 0.0455. The molecule has 148 valence electrons. The Morgan fingerprint density at radius 3 is 2.50 bits per heavy atom. The minimum atomic E-state index is -0.318. The summed E-state index contributed by atoms with van der Waals surface area (Å²) < 4.78 is 1.47. The van der Waals surface area contributed by atoms with Gasteiger partial charge in [-0.2, -0.15) is 0 Å². The number of amides is 1. The van der Waals surface area contributed by atoms with Gasteiger partial charge in [-0.05, 0) is 48.0 Å². The van der Waals surface area contributed by atoms with Crippen molar-refractivity contribution in [2.75, 3.05) is 5.32 Å². The first kappa shape index (κ1) is 19.5. The number of halogens is 1. The molecule has 0 fully saturated rings. The van der Waals surface area contributed by atoms with E-state index in [9.17, 15) is 9.59 Å². The Bertz CT molecular complexity index is 1300. The highest BCUT2D eigenvalue weighted by molar-refractivity contribution is 6.30. The highest BCUT2D eigenvalue weighted by Crippen LogP contribution is 2.17. The van der Waals surface area contributed by atoms with Crippen molar-refractivity contribution in [3.8, 4) is 5.69 Å². The molecule has 0 aliphatic heterocycles. The Morgan fingerprint density at radius 1 is 1.07 bits per heavy atom. The number of aromatic nitrogens is 4. The average molecular weight is 418 g/mol. The molecule has 0 radical (unpaired) electrons. The molecule has 0 saturated heterocycles. The van der Waals surface area contributed by atoms with Crippen LogP contribution in [0, 0.1) is 0 Å². The Morgan fingerprint density at radius 2 is 1.80 bits per heavy atom. The van der Waals surface area contributed by atoms with Gasteiger partial charge in [0.2, 0.25) is 5.91 Å². The minimum absolute atomic E-state index is 0.311. The first-order valence-corrected chi connectivity index (χ1v) is 9.43. The smallest absolute Gasteiger partial charge is 0.275 e. The summed E-state index contributed by atoms with van der Waals surface area (Å²) in [5.74, 6) is 0.245. The van der Waals surface area contributed by atoms with Gasteiger partial charge >= 0.3 is 0 Å². The molecule has 0 spiro atoms. The summed E-state index contributed by atoms with van der Waals surface area (Å²) in [6.45, 7) is 3.42. The van der Waals surface area contributed by atoms with Crippen LogP contribution in [0.1, 0.15) is 11.4 Å². The molecule has 1 N–H and O–H groups in total. The second-order valence-electron chi connectivity index (χ2n) is 6.47. The predicted molar refractivity (Wildman–Crippen MR) is 116 cm³/mol. The number of fused-ring (bicyclic) bond motifs is 1. The van der Waals surface area contributed by atoms with Crippen molar-refractivity contribution in [2.24, 2.45) is 0 Å². The zero-order valence-electron chi connectivity index (χ0n) is 15.7. The molecule has 0 atom stereocenters.